The molecular weight excluding hydrogens is 499 g/mol. The van der Waals surface area contributed by atoms with E-state index in [4.69, 9.17) is 0 Å². The maximum atomic E-state index is 13.4. The summed E-state index contributed by atoms with van der Waals surface area (Å²) in [4.78, 5) is 31.0. The number of H-pyrrole nitrogens is 1. The zero-order valence-electron chi connectivity index (χ0n) is 18.0. The molecule has 34 heavy (non-hydrogen) atoms. The topological polar surface area (TPSA) is 73.4 Å². The van der Waals surface area contributed by atoms with Crippen LogP contribution in [0, 0.1) is 5.82 Å². The van der Waals surface area contributed by atoms with E-state index in [9.17, 15) is 19.1 Å². The SMILES string of the molecule is O=C1C(=O)N(CCc2c[nH]c3ccccc23)[C@H](c2ccc(Br)cc2)C1=C(O)c1ccc(F)cc1. The number of hydrogen-bond acceptors (Lipinski definition) is 3. The first-order valence-corrected chi connectivity index (χ1v) is 11.6. The Morgan fingerprint density at radius 3 is 2.44 bits per heavy atom. The Balaban J connectivity index is 1.56. The average molecular weight is 519 g/mol. The summed E-state index contributed by atoms with van der Waals surface area (Å²) in [6.07, 6.45) is 2.44. The van der Waals surface area contributed by atoms with Gasteiger partial charge in [-0.05, 0) is 60.0 Å². The van der Waals surface area contributed by atoms with Crippen LogP contribution in [0.5, 0.6) is 0 Å². The molecule has 0 saturated carbocycles. The van der Waals surface area contributed by atoms with E-state index in [1.54, 1.807) is 0 Å². The van der Waals surface area contributed by atoms with Gasteiger partial charge in [0.2, 0.25) is 0 Å². The van der Waals surface area contributed by atoms with E-state index in [-0.39, 0.29) is 23.4 Å². The van der Waals surface area contributed by atoms with Gasteiger partial charge in [0.05, 0.1) is 11.6 Å². The zero-order chi connectivity index (χ0) is 23.8. The zero-order valence-corrected chi connectivity index (χ0v) is 19.5. The van der Waals surface area contributed by atoms with Gasteiger partial charge in [0.15, 0.2) is 0 Å². The Kier molecular flexibility index (Phi) is 5.79. The van der Waals surface area contributed by atoms with Crippen molar-refractivity contribution in [3.8, 4) is 0 Å². The van der Waals surface area contributed by atoms with Crippen LogP contribution >= 0.6 is 15.9 Å². The Morgan fingerprint density at radius 1 is 1.00 bits per heavy atom. The van der Waals surface area contributed by atoms with Gasteiger partial charge in [-0.1, -0.05) is 46.3 Å². The Labute approximate surface area is 203 Å². The minimum Gasteiger partial charge on any atom is -0.507 e. The fraction of sp³-hybridized carbons (Fsp3) is 0.111. The second kappa shape index (κ2) is 8.91. The number of hydrogen-bond donors (Lipinski definition) is 2. The molecule has 5 nitrogen and oxygen atoms in total. The van der Waals surface area contributed by atoms with Gasteiger partial charge in [0.1, 0.15) is 11.6 Å². The molecule has 7 heteroatoms. The second-order valence-electron chi connectivity index (χ2n) is 8.16. The normalized spacial score (nSPS) is 17.6. The van der Waals surface area contributed by atoms with Crippen molar-refractivity contribution in [1.82, 2.24) is 9.88 Å². The molecule has 1 aliphatic rings. The van der Waals surface area contributed by atoms with Gasteiger partial charge < -0.3 is 15.0 Å². The van der Waals surface area contributed by atoms with Crippen molar-refractivity contribution in [3.05, 3.63) is 112 Å². The van der Waals surface area contributed by atoms with Gasteiger partial charge >= 0.3 is 0 Å². The van der Waals surface area contributed by atoms with Gasteiger partial charge in [-0.15, -0.1) is 0 Å². The van der Waals surface area contributed by atoms with E-state index in [1.807, 2.05) is 54.7 Å². The van der Waals surface area contributed by atoms with Crippen molar-refractivity contribution in [2.45, 2.75) is 12.5 Å². The molecule has 1 amide bonds. The highest BCUT2D eigenvalue weighted by atomic mass is 79.9. The molecule has 0 aliphatic carbocycles. The van der Waals surface area contributed by atoms with E-state index in [0.717, 1.165) is 20.9 Å². The molecule has 0 unspecified atom stereocenters. The summed E-state index contributed by atoms with van der Waals surface area (Å²) in [5.74, 6) is -2.20. The molecule has 2 N–H and O–H groups in total. The predicted molar refractivity (Wildman–Crippen MR) is 132 cm³/mol. The molecule has 0 bridgehead atoms. The van der Waals surface area contributed by atoms with E-state index in [2.05, 4.69) is 20.9 Å². The van der Waals surface area contributed by atoms with E-state index < -0.39 is 23.5 Å². The number of halogens is 2. The fourth-order valence-electron chi connectivity index (χ4n) is 4.44. The molecule has 1 atom stereocenters. The molecular formula is C27H20BrFN2O3. The number of Topliss-reactive ketones (excluding diaryl/α,β-unsaturated/α-hetero) is 1. The first kappa shape index (κ1) is 22.1. The van der Waals surface area contributed by atoms with Gasteiger partial charge in [-0.3, -0.25) is 9.59 Å². The minimum absolute atomic E-state index is 0.00198. The lowest BCUT2D eigenvalue weighted by Gasteiger charge is -2.25. The van der Waals surface area contributed by atoms with Crippen LogP contribution < -0.4 is 0 Å². The summed E-state index contributed by atoms with van der Waals surface area (Å²) in [6.45, 7) is 0.285. The molecule has 5 rings (SSSR count). The lowest BCUT2D eigenvalue weighted by Crippen LogP contribution is -2.31. The number of carbonyl (C=O) groups excluding carboxylic acids is 2. The van der Waals surface area contributed by atoms with E-state index >= 15 is 0 Å². The number of rotatable bonds is 5. The average Bonchev–Trinajstić information content (AvgIpc) is 3.37. The third kappa shape index (κ3) is 3.92. The summed E-state index contributed by atoms with van der Waals surface area (Å²) in [5.41, 5.74) is 3.01. The Bertz CT molecular complexity index is 1420. The highest BCUT2D eigenvalue weighted by Crippen LogP contribution is 2.40. The largest absolute Gasteiger partial charge is 0.507 e. The number of benzene rings is 3. The minimum atomic E-state index is -0.761. The van der Waals surface area contributed by atoms with Crippen LogP contribution in [-0.2, 0) is 16.0 Å². The standard InChI is InChI=1S/C27H20BrFN2O3/c28-19-9-5-16(6-10-19)24-23(25(32)17-7-11-20(29)12-8-17)26(33)27(34)31(24)14-13-18-15-30-22-4-2-1-3-21(18)22/h1-12,15,24,30,32H,13-14H2/t24-/m1/s1. The number of aliphatic hydroxyl groups is 1. The van der Waals surface area contributed by atoms with Crippen LogP contribution in [0.25, 0.3) is 16.7 Å². The lowest BCUT2D eigenvalue weighted by molar-refractivity contribution is -0.139. The molecule has 0 radical (unpaired) electrons. The molecule has 1 fully saturated rings. The van der Waals surface area contributed by atoms with Crippen LogP contribution in [0.3, 0.4) is 0 Å². The highest BCUT2D eigenvalue weighted by molar-refractivity contribution is 9.10. The number of fused-ring (bicyclic) bond motifs is 1. The van der Waals surface area contributed by atoms with Crippen LogP contribution in [0.2, 0.25) is 0 Å². The third-order valence-electron chi connectivity index (χ3n) is 6.14. The second-order valence-corrected chi connectivity index (χ2v) is 9.08. The van der Waals surface area contributed by atoms with Crippen molar-refractivity contribution >= 4 is 44.3 Å². The summed E-state index contributed by atoms with van der Waals surface area (Å²) in [7, 11) is 0. The monoisotopic (exact) mass is 518 g/mol. The van der Waals surface area contributed by atoms with Crippen molar-refractivity contribution in [2.24, 2.45) is 0 Å². The van der Waals surface area contributed by atoms with Crippen molar-refractivity contribution in [2.75, 3.05) is 6.54 Å². The number of nitrogens with zero attached hydrogens (tertiary/aromatic N) is 1. The molecule has 4 aromatic rings. The summed E-state index contributed by atoms with van der Waals surface area (Å²) < 4.78 is 14.3. The maximum absolute atomic E-state index is 13.4. The third-order valence-corrected chi connectivity index (χ3v) is 6.67. The van der Waals surface area contributed by atoms with Crippen LogP contribution in [0.1, 0.15) is 22.7 Å². The van der Waals surface area contributed by atoms with Gasteiger partial charge in [-0.25, -0.2) is 4.39 Å². The Hall–Kier alpha value is -3.71. The number of nitrogens with one attached hydrogen (secondary N) is 1. The fourth-order valence-corrected chi connectivity index (χ4v) is 4.71. The number of amides is 1. The first-order chi connectivity index (χ1) is 16.4. The molecule has 2 heterocycles. The van der Waals surface area contributed by atoms with Crippen LogP contribution in [-0.4, -0.2) is 33.2 Å². The Morgan fingerprint density at radius 2 is 1.71 bits per heavy atom. The highest BCUT2D eigenvalue weighted by Gasteiger charge is 2.45. The van der Waals surface area contributed by atoms with Gasteiger partial charge in [-0.2, -0.15) is 0 Å². The summed E-state index contributed by atoms with van der Waals surface area (Å²) in [6, 6.07) is 19.6. The quantitative estimate of drug-likeness (QED) is 0.201. The van der Waals surface area contributed by atoms with Crippen molar-refractivity contribution < 1.29 is 19.1 Å². The maximum Gasteiger partial charge on any atom is 0.295 e. The number of carbonyl (C=O) groups is 2. The molecule has 0 spiro atoms. The molecule has 3 aromatic carbocycles. The number of aliphatic hydroxyl groups excluding tert-OH is 1. The lowest BCUT2D eigenvalue weighted by atomic mass is 9.95. The van der Waals surface area contributed by atoms with Crippen molar-refractivity contribution in [1.29, 1.82) is 0 Å². The number of likely N-dealkylation sites (tertiary alicyclic amines) is 1. The van der Waals surface area contributed by atoms with Gasteiger partial charge in [0, 0.05) is 33.7 Å². The predicted octanol–water partition coefficient (Wildman–Crippen LogP) is 5.73. The van der Waals surface area contributed by atoms with E-state index in [0.29, 0.717) is 12.0 Å². The number of aromatic nitrogens is 1. The number of para-hydroxylation sites is 1. The number of aromatic amines is 1. The van der Waals surface area contributed by atoms with Crippen LogP contribution in [0.15, 0.2) is 89.0 Å². The first-order valence-electron chi connectivity index (χ1n) is 10.8. The molecule has 170 valence electrons. The summed E-state index contributed by atoms with van der Waals surface area (Å²) in [5, 5.41) is 12.1. The van der Waals surface area contributed by atoms with Gasteiger partial charge in [0.25, 0.3) is 11.7 Å². The molecule has 1 aromatic heterocycles. The van der Waals surface area contributed by atoms with Crippen molar-refractivity contribution in [3.63, 3.8) is 0 Å². The van der Waals surface area contributed by atoms with Crippen LogP contribution in [0.4, 0.5) is 4.39 Å². The number of ketones is 1. The molecule has 1 saturated heterocycles. The smallest absolute Gasteiger partial charge is 0.295 e. The summed E-state index contributed by atoms with van der Waals surface area (Å²) >= 11 is 3.41. The van der Waals surface area contributed by atoms with E-state index in [1.165, 1.54) is 29.2 Å². The molecule has 1 aliphatic heterocycles.